The molecule has 1 aliphatic rings. The summed E-state index contributed by atoms with van der Waals surface area (Å²) < 4.78 is 30.6. The topological polar surface area (TPSA) is 110 Å². The number of aliphatic hydroxyl groups is 1. The summed E-state index contributed by atoms with van der Waals surface area (Å²) in [6, 6.07) is 3.47. The number of β-amino-alcohol motifs (C(OH)–C–C–N with tert-alkyl or cyclic N) is 1. The highest BCUT2D eigenvalue weighted by molar-refractivity contribution is 7.89. The van der Waals surface area contributed by atoms with Crippen LogP contribution in [0.3, 0.4) is 0 Å². The Kier molecular flexibility index (Phi) is 3.93. The van der Waals surface area contributed by atoms with Gasteiger partial charge in [0.25, 0.3) is 0 Å². The van der Waals surface area contributed by atoms with Crippen LogP contribution < -0.4 is 4.74 Å². The first-order valence-electron chi connectivity index (χ1n) is 5.87. The summed E-state index contributed by atoms with van der Waals surface area (Å²) >= 11 is 0. The Labute approximate surface area is 115 Å². The van der Waals surface area contributed by atoms with Crippen molar-refractivity contribution in [2.75, 3.05) is 20.2 Å². The molecule has 1 aromatic rings. The van der Waals surface area contributed by atoms with Crippen molar-refractivity contribution in [1.82, 2.24) is 4.31 Å². The third kappa shape index (κ3) is 2.60. The van der Waals surface area contributed by atoms with E-state index in [2.05, 4.69) is 0 Å². The van der Waals surface area contributed by atoms with Crippen LogP contribution in [0.15, 0.2) is 23.1 Å². The number of sulfonamides is 1. The summed E-state index contributed by atoms with van der Waals surface area (Å²) in [4.78, 5) is 10.0. The van der Waals surface area contributed by atoms with Crippen molar-refractivity contribution < 1.29 is 23.2 Å². The lowest BCUT2D eigenvalue weighted by molar-refractivity contribution is -0.386. The van der Waals surface area contributed by atoms with E-state index >= 15 is 0 Å². The lowest BCUT2D eigenvalue weighted by atomic mass is 10.3. The molecule has 0 radical (unpaired) electrons. The molecule has 1 heterocycles. The molecular formula is C11H14N2O6S. The largest absolute Gasteiger partial charge is 0.490 e. The molecular weight excluding hydrogens is 288 g/mol. The van der Waals surface area contributed by atoms with E-state index in [9.17, 15) is 23.6 Å². The van der Waals surface area contributed by atoms with E-state index in [0.29, 0.717) is 6.42 Å². The summed E-state index contributed by atoms with van der Waals surface area (Å²) in [6.45, 7) is 0.200. The van der Waals surface area contributed by atoms with E-state index in [1.54, 1.807) is 0 Å². The van der Waals surface area contributed by atoms with Crippen LogP contribution in [0.25, 0.3) is 0 Å². The standard InChI is InChI=1S/C11H14N2O6S/c1-19-11-3-2-9(6-10(11)13(15)16)20(17,18)12-5-4-8(14)7-12/h2-3,6,8,14H,4-5,7H2,1H3. The molecule has 0 spiro atoms. The summed E-state index contributed by atoms with van der Waals surface area (Å²) in [5.74, 6) is -0.00425. The number of rotatable bonds is 4. The smallest absolute Gasteiger partial charge is 0.312 e. The van der Waals surface area contributed by atoms with Gasteiger partial charge in [-0.05, 0) is 18.6 Å². The first-order chi connectivity index (χ1) is 9.36. The van der Waals surface area contributed by atoms with E-state index in [4.69, 9.17) is 4.74 Å². The van der Waals surface area contributed by atoms with Gasteiger partial charge in [0.2, 0.25) is 10.0 Å². The molecule has 2 rings (SSSR count). The van der Waals surface area contributed by atoms with Crippen LogP contribution in [0.2, 0.25) is 0 Å². The minimum Gasteiger partial charge on any atom is -0.490 e. The molecule has 0 saturated carbocycles. The number of hydrogen-bond acceptors (Lipinski definition) is 6. The van der Waals surface area contributed by atoms with Crippen LogP contribution in [0.1, 0.15) is 6.42 Å². The molecule has 1 saturated heterocycles. The molecule has 1 fully saturated rings. The van der Waals surface area contributed by atoms with E-state index in [1.165, 1.54) is 19.2 Å². The van der Waals surface area contributed by atoms with Crippen molar-refractivity contribution in [3.05, 3.63) is 28.3 Å². The lowest BCUT2D eigenvalue weighted by Crippen LogP contribution is -2.29. The average molecular weight is 302 g/mol. The predicted octanol–water partition coefficient (Wildman–Crippen LogP) is 0.359. The van der Waals surface area contributed by atoms with Gasteiger partial charge < -0.3 is 9.84 Å². The molecule has 1 N–H and O–H groups in total. The van der Waals surface area contributed by atoms with E-state index < -0.39 is 26.7 Å². The van der Waals surface area contributed by atoms with Crippen molar-refractivity contribution in [1.29, 1.82) is 0 Å². The number of nitrogens with zero attached hydrogens (tertiary/aromatic N) is 2. The Hall–Kier alpha value is -1.71. The van der Waals surface area contributed by atoms with Crippen LogP contribution in [0.4, 0.5) is 5.69 Å². The number of ether oxygens (including phenoxy) is 1. The molecule has 1 aromatic carbocycles. The first kappa shape index (κ1) is 14.7. The van der Waals surface area contributed by atoms with Gasteiger partial charge in [-0.15, -0.1) is 0 Å². The number of hydrogen-bond donors (Lipinski definition) is 1. The summed E-state index contributed by atoms with van der Waals surface area (Å²) in [7, 11) is -2.57. The van der Waals surface area contributed by atoms with Gasteiger partial charge in [-0.1, -0.05) is 0 Å². The highest BCUT2D eigenvalue weighted by Gasteiger charge is 2.33. The van der Waals surface area contributed by atoms with E-state index in [0.717, 1.165) is 10.4 Å². The minimum atomic E-state index is -3.84. The first-order valence-corrected chi connectivity index (χ1v) is 7.31. The molecule has 0 bridgehead atoms. The average Bonchev–Trinajstić information content (AvgIpc) is 2.85. The number of aliphatic hydroxyl groups excluding tert-OH is 1. The SMILES string of the molecule is COc1ccc(S(=O)(=O)N2CCC(O)C2)cc1[N+](=O)[O-]. The van der Waals surface area contributed by atoms with Gasteiger partial charge in [0.15, 0.2) is 5.75 Å². The molecule has 1 atom stereocenters. The van der Waals surface area contributed by atoms with Crippen LogP contribution >= 0.6 is 0 Å². The Morgan fingerprint density at radius 2 is 2.20 bits per heavy atom. The summed E-state index contributed by atoms with van der Waals surface area (Å²) in [5.41, 5.74) is -0.409. The molecule has 20 heavy (non-hydrogen) atoms. The van der Waals surface area contributed by atoms with Crippen LogP contribution in [-0.4, -0.2) is 49.1 Å². The van der Waals surface area contributed by atoms with Crippen molar-refractivity contribution in [3.63, 3.8) is 0 Å². The summed E-state index contributed by atoms with van der Waals surface area (Å²) in [5, 5.41) is 20.3. The number of nitro groups is 1. The minimum absolute atomic E-state index is 0.00214. The van der Waals surface area contributed by atoms with Gasteiger partial charge in [-0.3, -0.25) is 10.1 Å². The van der Waals surface area contributed by atoms with Crippen LogP contribution in [0, 0.1) is 10.1 Å². The van der Waals surface area contributed by atoms with Gasteiger partial charge >= 0.3 is 5.69 Å². The van der Waals surface area contributed by atoms with Crippen LogP contribution in [0.5, 0.6) is 5.75 Å². The maximum absolute atomic E-state index is 12.3. The molecule has 0 aliphatic carbocycles. The Morgan fingerprint density at radius 3 is 2.70 bits per heavy atom. The van der Waals surface area contributed by atoms with Gasteiger partial charge in [0, 0.05) is 19.2 Å². The molecule has 0 amide bonds. The van der Waals surface area contributed by atoms with Gasteiger partial charge in [0.05, 0.1) is 23.0 Å². The normalized spacial score (nSPS) is 20.0. The fourth-order valence-electron chi connectivity index (χ4n) is 2.05. The van der Waals surface area contributed by atoms with Gasteiger partial charge in [-0.25, -0.2) is 8.42 Å². The second kappa shape index (κ2) is 5.35. The molecule has 1 aliphatic heterocycles. The molecule has 110 valence electrons. The third-order valence-corrected chi connectivity index (χ3v) is 4.97. The summed E-state index contributed by atoms with van der Waals surface area (Å²) in [6.07, 6.45) is -0.338. The fraction of sp³-hybridized carbons (Fsp3) is 0.455. The van der Waals surface area contributed by atoms with E-state index in [1.807, 2.05) is 0 Å². The van der Waals surface area contributed by atoms with Crippen molar-refractivity contribution in [2.24, 2.45) is 0 Å². The Bertz CT molecular complexity index is 630. The van der Waals surface area contributed by atoms with Gasteiger partial charge in [0.1, 0.15) is 0 Å². The second-order valence-corrected chi connectivity index (χ2v) is 6.33. The second-order valence-electron chi connectivity index (χ2n) is 4.40. The van der Waals surface area contributed by atoms with Crippen molar-refractivity contribution in [3.8, 4) is 5.75 Å². The van der Waals surface area contributed by atoms with Crippen LogP contribution in [-0.2, 0) is 10.0 Å². The molecule has 1 unspecified atom stereocenters. The highest BCUT2D eigenvalue weighted by atomic mass is 32.2. The quantitative estimate of drug-likeness (QED) is 0.635. The molecule has 0 aromatic heterocycles. The molecule has 8 nitrogen and oxygen atoms in total. The van der Waals surface area contributed by atoms with Gasteiger partial charge in [-0.2, -0.15) is 4.31 Å². The van der Waals surface area contributed by atoms with Crippen molar-refractivity contribution >= 4 is 15.7 Å². The maximum atomic E-state index is 12.3. The zero-order chi connectivity index (χ0) is 14.9. The monoisotopic (exact) mass is 302 g/mol. The Balaban J connectivity index is 2.42. The lowest BCUT2D eigenvalue weighted by Gasteiger charge is -2.15. The van der Waals surface area contributed by atoms with Crippen molar-refractivity contribution in [2.45, 2.75) is 17.4 Å². The number of benzene rings is 1. The third-order valence-electron chi connectivity index (χ3n) is 3.11. The van der Waals surface area contributed by atoms with E-state index in [-0.39, 0.29) is 23.7 Å². The Morgan fingerprint density at radius 1 is 1.50 bits per heavy atom. The number of nitro benzene ring substituents is 1. The fourth-order valence-corrected chi connectivity index (χ4v) is 3.56. The maximum Gasteiger partial charge on any atom is 0.312 e. The highest BCUT2D eigenvalue weighted by Crippen LogP contribution is 2.31. The zero-order valence-electron chi connectivity index (χ0n) is 10.7. The zero-order valence-corrected chi connectivity index (χ0v) is 11.5. The number of methoxy groups -OCH3 is 1. The molecule has 9 heteroatoms. The predicted molar refractivity (Wildman–Crippen MR) is 69.0 cm³/mol.